The summed E-state index contributed by atoms with van der Waals surface area (Å²) in [5.74, 6) is -0.659. The number of hydrogen-bond donors (Lipinski definition) is 1. The molecule has 0 radical (unpaired) electrons. The molecule has 0 atom stereocenters. The monoisotopic (exact) mass is 389 g/mol. The highest BCUT2D eigenvalue weighted by Gasteiger charge is 2.32. The van der Waals surface area contributed by atoms with E-state index in [2.05, 4.69) is 5.32 Å². The van der Waals surface area contributed by atoms with Crippen molar-refractivity contribution in [2.24, 2.45) is 0 Å². The minimum absolute atomic E-state index is 0.0411. The number of nitro groups is 1. The summed E-state index contributed by atoms with van der Waals surface area (Å²) in [5.41, 5.74) is 1.75. The smallest absolute Gasteiger partial charge is 0.327 e. The molecule has 9 heteroatoms. The number of nitrogens with one attached hydrogen (secondary N) is 1. The minimum atomic E-state index is -0.684. The Morgan fingerprint density at radius 2 is 1.71 bits per heavy atom. The first-order valence-corrected chi connectivity index (χ1v) is 8.31. The van der Waals surface area contributed by atoms with Crippen molar-refractivity contribution >= 4 is 23.0 Å². The third-order valence-electron chi connectivity index (χ3n) is 4.17. The lowest BCUT2D eigenvalue weighted by Gasteiger charge is -2.17. The molecule has 0 unspecified atom stereocenters. The van der Waals surface area contributed by atoms with Crippen LogP contribution in [0.25, 0.3) is 0 Å². The molecule has 1 N–H and O–H groups in total. The van der Waals surface area contributed by atoms with E-state index in [0.717, 1.165) is 11.3 Å². The second-order valence-electron chi connectivity index (χ2n) is 6.15. The number of amides is 1. The largest absolute Gasteiger partial charge is 0.493 e. The molecule has 0 fully saturated rings. The van der Waals surface area contributed by atoms with Crippen LogP contribution in [0.3, 0.4) is 0 Å². The van der Waals surface area contributed by atoms with Crippen molar-refractivity contribution in [2.75, 3.05) is 45.6 Å². The van der Waals surface area contributed by atoms with Crippen LogP contribution in [-0.2, 0) is 0 Å². The number of aryl methyl sites for hydroxylation is 1. The summed E-state index contributed by atoms with van der Waals surface area (Å²) in [6.07, 6.45) is 0. The van der Waals surface area contributed by atoms with E-state index in [-0.39, 0.29) is 22.8 Å². The van der Waals surface area contributed by atoms with Crippen molar-refractivity contribution in [1.82, 2.24) is 0 Å². The van der Waals surface area contributed by atoms with E-state index in [1.807, 2.05) is 32.0 Å². The van der Waals surface area contributed by atoms with Crippen LogP contribution in [-0.4, -0.2) is 46.3 Å². The van der Waals surface area contributed by atoms with Crippen molar-refractivity contribution in [2.45, 2.75) is 6.92 Å². The van der Waals surface area contributed by atoms with Gasteiger partial charge < -0.3 is 24.4 Å². The Bertz CT molecular complexity index is 911. The van der Waals surface area contributed by atoms with Crippen LogP contribution in [0.15, 0.2) is 24.3 Å². The average Bonchev–Trinajstić information content (AvgIpc) is 2.65. The number of nitro benzene ring substituents is 1. The first kappa shape index (κ1) is 20.8. The molecule has 0 aliphatic rings. The number of methoxy groups -OCH3 is 3. The van der Waals surface area contributed by atoms with Gasteiger partial charge in [0.15, 0.2) is 5.75 Å². The molecule has 2 rings (SSSR count). The number of benzene rings is 2. The topological polar surface area (TPSA) is 103 Å². The maximum Gasteiger partial charge on any atom is 0.327 e. The van der Waals surface area contributed by atoms with E-state index < -0.39 is 16.5 Å². The number of ether oxygens (including phenoxy) is 3. The lowest BCUT2D eigenvalue weighted by Crippen LogP contribution is -2.16. The van der Waals surface area contributed by atoms with E-state index in [1.54, 1.807) is 12.1 Å². The van der Waals surface area contributed by atoms with Crippen LogP contribution in [0.4, 0.5) is 17.1 Å². The fourth-order valence-corrected chi connectivity index (χ4v) is 2.93. The van der Waals surface area contributed by atoms with Crippen LogP contribution in [0.2, 0.25) is 0 Å². The highest BCUT2D eigenvalue weighted by atomic mass is 16.6. The normalized spacial score (nSPS) is 10.2. The zero-order chi connectivity index (χ0) is 21.0. The van der Waals surface area contributed by atoms with Crippen molar-refractivity contribution in [3.8, 4) is 17.2 Å². The van der Waals surface area contributed by atoms with Gasteiger partial charge in [0.25, 0.3) is 5.91 Å². The summed E-state index contributed by atoms with van der Waals surface area (Å²) < 4.78 is 15.5. The average molecular weight is 389 g/mol. The molecule has 0 saturated carbocycles. The number of anilines is 2. The molecule has 0 aliphatic heterocycles. The van der Waals surface area contributed by atoms with Gasteiger partial charge in [0, 0.05) is 31.5 Å². The van der Waals surface area contributed by atoms with E-state index in [4.69, 9.17) is 14.2 Å². The molecule has 0 aromatic heterocycles. The molecule has 0 spiro atoms. The van der Waals surface area contributed by atoms with Gasteiger partial charge in [0.05, 0.1) is 26.3 Å². The summed E-state index contributed by atoms with van der Waals surface area (Å²) in [6.45, 7) is 1.91. The first-order valence-electron chi connectivity index (χ1n) is 8.31. The third-order valence-corrected chi connectivity index (χ3v) is 4.17. The second-order valence-corrected chi connectivity index (χ2v) is 6.15. The van der Waals surface area contributed by atoms with Crippen molar-refractivity contribution in [3.63, 3.8) is 0 Å². The number of carbonyl (C=O) groups is 1. The van der Waals surface area contributed by atoms with E-state index in [1.165, 1.54) is 27.4 Å². The zero-order valence-corrected chi connectivity index (χ0v) is 16.7. The predicted molar refractivity (Wildman–Crippen MR) is 106 cm³/mol. The fraction of sp³-hybridized carbons (Fsp3) is 0.316. The highest BCUT2D eigenvalue weighted by molar-refractivity contribution is 6.08. The molecule has 0 aliphatic carbocycles. The molecule has 0 saturated heterocycles. The highest BCUT2D eigenvalue weighted by Crippen LogP contribution is 2.46. The molecule has 9 nitrogen and oxygen atoms in total. The molecule has 2 aromatic carbocycles. The Balaban J connectivity index is 2.53. The van der Waals surface area contributed by atoms with Crippen LogP contribution < -0.4 is 24.4 Å². The Morgan fingerprint density at radius 3 is 2.18 bits per heavy atom. The lowest BCUT2D eigenvalue weighted by molar-refractivity contribution is -0.386. The number of nitrogens with zero attached hydrogens (tertiary/aromatic N) is 2. The van der Waals surface area contributed by atoms with Crippen molar-refractivity contribution in [1.29, 1.82) is 0 Å². The lowest BCUT2D eigenvalue weighted by atomic mass is 10.1. The third kappa shape index (κ3) is 3.93. The molecule has 28 heavy (non-hydrogen) atoms. The number of carbonyl (C=O) groups excluding carboxylic acids is 1. The van der Waals surface area contributed by atoms with E-state index in [0.29, 0.717) is 5.69 Å². The Labute approximate surface area is 163 Å². The summed E-state index contributed by atoms with van der Waals surface area (Å²) in [6, 6.07) is 6.63. The van der Waals surface area contributed by atoms with Gasteiger partial charge in [-0.25, -0.2) is 0 Å². The van der Waals surface area contributed by atoms with Gasteiger partial charge in [-0.15, -0.1) is 0 Å². The van der Waals surface area contributed by atoms with Gasteiger partial charge in [-0.05, 0) is 30.7 Å². The van der Waals surface area contributed by atoms with E-state index >= 15 is 0 Å². The van der Waals surface area contributed by atoms with E-state index in [9.17, 15) is 14.9 Å². The summed E-state index contributed by atoms with van der Waals surface area (Å²) >= 11 is 0. The van der Waals surface area contributed by atoms with Gasteiger partial charge in [-0.1, -0.05) is 0 Å². The molecular weight excluding hydrogens is 366 g/mol. The first-order chi connectivity index (χ1) is 13.2. The summed E-state index contributed by atoms with van der Waals surface area (Å²) in [7, 11) is 7.79. The number of hydrogen-bond acceptors (Lipinski definition) is 7. The van der Waals surface area contributed by atoms with Crippen LogP contribution >= 0.6 is 0 Å². The fourth-order valence-electron chi connectivity index (χ4n) is 2.93. The maximum absolute atomic E-state index is 12.8. The molecule has 2 aromatic rings. The van der Waals surface area contributed by atoms with Gasteiger partial charge in [-0.2, -0.15) is 0 Å². The standard InChI is InChI=1S/C19H23N3O6/c1-11-9-12(7-8-14(11)21(2)3)20-19(23)13-10-15(26-4)17(27-5)18(28-6)16(13)22(24)25/h7-10H,1-6H3,(H,20,23). The number of rotatable bonds is 7. The van der Waals surface area contributed by atoms with Crippen molar-refractivity contribution in [3.05, 3.63) is 45.5 Å². The molecule has 0 bridgehead atoms. The summed E-state index contributed by atoms with van der Waals surface area (Å²) in [5, 5.41) is 14.3. The second kappa shape index (κ2) is 8.47. The van der Waals surface area contributed by atoms with Crippen LogP contribution in [0.1, 0.15) is 15.9 Å². The molecule has 1 amide bonds. The SMILES string of the molecule is COc1cc(C(=O)Nc2ccc(N(C)C)c(C)c2)c([N+](=O)[O-])c(OC)c1OC. The van der Waals surface area contributed by atoms with Crippen molar-refractivity contribution < 1.29 is 23.9 Å². The maximum atomic E-state index is 12.8. The molecular formula is C19H23N3O6. The zero-order valence-electron chi connectivity index (χ0n) is 16.7. The molecule has 0 heterocycles. The quantitative estimate of drug-likeness (QED) is 0.573. The van der Waals surface area contributed by atoms with Crippen LogP contribution in [0.5, 0.6) is 17.2 Å². The Morgan fingerprint density at radius 1 is 1.07 bits per heavy atom. The van der Waals surface area contributed by atoms with Gasteiger partial charge in [0.2, 0.25) is 11.5 Å². The Kier molecular flexibility index (Phi) is 6.29. The Hall–Kier alpha value is -3.49. The van der Waals surface area contributed by atoms with Gasteiger partial charge >= 0.3 is 5.69 Å². The van der Waals surface area contributed by atoms with Crippen LogP contribution in [0, 0.1) is 17.0 Å². The van der Waals surface area contributed by atoms with Gasteiger partial charge in [0.1, 0.15) is 5.56 Å². The minimum Gasteiger partial charge on any atom is -0.493 e. The predicted octanol–water partition coefficient (Wildman–Crippen LogP) is 3.25. The summed E-state index contributed by atoms with van der Waals surface area (Å²) in [4.78, 5) is 25.7. The van der Waals surface area contributed by atoms with Gasteiger partial charge in [-0.3, -0.25) is 14.9 Å². The molecule has 150 valence electrons.